The highest BCUT2D eigenvalue weighted by atomic mass is 19.1. The third-order valence-corrected chi connectivity index (χ3v) is 1.86. The molecule has 1 aromatic rings. The first-order chi connectivity index (χ1) is 6.77. The number of nitrogens with one attached hydrogen (secondary N) is 1. The third kappa shape index (κ3) is 2.76. The lowest BCUT2D eigenvalue weighted by Crippen LogP contribution is -2.14. The molecule has 14 heavy (non-hydrogen) atoms. The molecule has 2 N–H and O–H groups in total. The van der Waals surface area contributed by atoms with E-state index in [4.69, 9.17) is 0 Å². The average molecular weight is 195 g/mol. The minimum atomic E-state index is -0.407. The summed E-state index contributed by atoms with van der Waals surface area (Å²) >= 11 is 0. The summed E-state index contributed by atoms with van der Waals surface area (Å²) in [5.74, 6) is 0.212. The van der Waals surface area contributed by atoms with Crippen LogP contribution in [0.2, 0.25) is 0 Å². The number of allylic oxidation sites excluding steroid dienone is 1. The van der Waals surface area contributed by atoms with Crippen molar-refractivity contribution in [2.45, 2.75) is 6.92 Å². The van der Waals surface area contributed by atoms with Crippen molar-refractivity contribution < 1.29 is 9.50 Å². The average Bonchev–Trinajstić information content (AvgIpc) is 2.19. The number of phenolic OH excluding ortho intramolecular Hbond substituents is 1. The van der Waals surface area contributed by atoms with Gasteiger partial charge in [0.2, 0.25) is 0 Å². The summed E-state index contributed by atoms with van der Waals surface area (Å²) in [7, 11) is 0. The van der Waals surface area contributed by atoms with Crippen molar-refractivity contribution in [2.24, 2.45) is 0 Å². The largest absolute Gasteiger partial charge is 0.508 e. The number of benzene rings is 1. The molecule has 1 aromatic carbocycles. The molecular weight excluding hydrogens is 181 g/mol. The summed E-state index contributed by atoms with van der Waals surface area (Å²) in [5.41, 5.74) is 1.69. The SMILES string of the molecule is C/C=C(\NCCF)c1cccc(O)c1. The van der Waals surface area contributed by atoms with Crippen LogP contribution in [0.4, 0.5) is 4.39 Å². The van der Waals surface area contributed by atoms with E-state index in [9.17, 15) is 9.50 Å². The zero-order valence-electron chi connectivity index (χ0n) is 8.13. The Morgan fingerprint density at radius 3 is 2.93 bits per heavy atom. The minimum absolute atomic E-state index is 0.212. The van der Waals surface area contributed by atoms with Crippen molar-refractivity contribution in [3.63, 3.8) is 0 Å². The maximum atomic E-state index is 11.9. The lowest BCUT2D eigenvalue weighted by Gasteiger charge is -2.09. The predicted molar refractivity (Wildman–Crippen MR) is 55.7 cm³/mol. The first-order valence-electron chi connectivity index (χ1n) is 4.53. The molecule has 0 spiro atoms. The van der Waals surface area contributed by atoms with Crippen molar-refractivity contribution >= 4 is 5.70 Å². The van der Waals surface area contributed by atoms with Gasteiger partial charge < -0.3 is 10.4 Å². The van der Waals surface area contributed by atoms with Gasteiger partial charge in [0.05, 0.1) is 0 Å². The second kappa shape index (κ2) is 5.27. The van der Waals surface area contributed by atoms with Crippen molar-refractivity contribution in [3.05, 3.63) is 35.9 Å². The Morgan fingerprint density at radius 2 is 2.36 bits per heavy atom. The van der Waals surface area contributed by atoms with Gasteiger partial charge in [-0.1, -0.05) is 18.2 Å². The maximum Gasteiger partial charge on any atom is 0.116 e. The van der Waals surface area contributed by atoms with Crippen LogP contribution < -0.4 is 5.32 Å². The van der Waals surface area contributed by atoms with Gasteiger partial charge in [-0.3, -0.25) is 0 Å². The monoisotopic (exact) mass is 195 g/mol. The van der Waals surface area contributed by atoms with E-state index >= 15 is 0 Å². The van der Waals surface area contributed by atoms with Crippen LogP contribution in [0, 0.1) is 0 Å². The second-order valence-electron chi connectivity index (χ2n) is 2.87. The van der Waals surface area contributed by atoms with Gasteiger partial charge in [0.1, 0.15) is 12.4 Å². The molecule has 0 fully saturated rings. The smallest absolute Gasteiger partial charge is 0.116 e. The van der Waals surface area contributed by atoms with Crippen molar-refractivity contribution in [1.82, 2.24) is 5.32 Å². The molecule has 0 saturated heterocycles. The summed E-state index contributed by atoms with van der Waals surface area (Å²) in [4.78, 5) is 0. The van der Waals surface area contributed by atoms with E-state index in [1.807, 2.05) is 19.1 Å². The summed E-state index contributed by atoms with van der Waals surface area (Å²) in [6.45, 7) is 1.75. The van der Waals surface area contributed by atoms with Gasteiger partial charge >= 0.3 is 0 Å². The number of halogens is 1. The summed E-state index contributed by atoms with van der Waals surface area (Å²) in [6, 6.07) is 6.86. The van der Waals surface area contributed by atoms with Crippen molar-refractivity contribution in [2.75, 3.05) is 13.2 Å². The van der Waals surface area contributed by atoms with Crippen LogP contribution in [0.15, 0.2) is 30.3 Å². The van der Waals surface area contributed by atoms with E-state index in [-0.39, 0.29) is 12.3 Å². The molecular formula is C11H14FNO. The minimum Gasteiger partial charge on any atom is -0.508 e. The molecule has 2 nitrogen and oxygen atoms in total. The van der Waals surface area contributed by atoms with Gasteiger partial charge in [-0.15, -0.1) is 0 Å². The lowest BCUT2D eigenvalue weighted by atomic mass is 10.1. The molecule has 1 rings (SSSR count). The molecule has 0 bridgehead atoms. The number of alkyl halides is 1. The van der Waals surface area contributed by atoms with Crippen LogP contribution in [0.3, 0.4) is 0 Å². The molecule has 0 atom stereocenters. The van der Waals surface area contributed by atoms with Crippen LogP contribution >= 0.6 is 0 Å². The van der Waals surface area contributed by atoms with Crippen LogP contribution in [0.25, 0.3) is 5.70 Å². The van der Waals surface area contributed by atoms with Gasteiger partial charge in [0, 0.05) is 17.8 Å². The molecule has 0 amide bonds. The molecule has 76 valence electrons. The lowest BCUT2D eigenvalue weighted by molar-refractivity contribution is 0.475. The second-order valence-corrected chi connectivity index (χ2v) is 2.87. The fourth-order valence-corrected chi connectivity index (χ4v) is 1.23. The van der Waals surface area contributed by atoms with Crippen LogP contribution in [0.1, 0.15) is 12.5 Å². The van der Waals surface area contributed by atoms with E-state index in [1.54, 1.807) is 18.2 Å². The van der Waals surface area contributed by atoms with Crippen molar-refractivity contribution in [1.29, 1.82) is 0 Å². The van der Waals surface area contributed by atoms with Crippen LogP contribution in [0.5, 0.6) is 5.75 Å². The summed E-state index contributed by atoms with van der Waals surface area (Å²) in [6.07, 6.45) is 1.85. The number of hydrogen-bond acceptors (Lipinski definition) is 2. The van der Waals surface area contributed by atoms with Gasteiger partial charge in [-0.2, -0.15) is 0 Å². The van der Waals surface area contributed by atoms with Gasteiger partial charge in [0.25, 0.3) is 0 Å². The Bertz CT molecular complexity index is 323. The first kappa shape index (κ1) is 10.6. The molecule has 0 heterocycles. The van der Waals surface area contributed by atoms with E-state index in [1.165, 1.54) is 0 Å². The van der Waals surface area contributed by atoms with Gasteiger partial charge in [0.15, 0.2) is 0 Å². The molecule has 0 aromatic heterocycles. The Balaban J connectivity index is 2.79. The number of hydrogen-bond donors (Lipinski definition) is 2. The number of rotatable bonds is 4. The van der Waals surface area contributed by atoms with Crippen LogP contribution in [-0.2, 0) is 0 Å². The Morgan fingerprint density at radius 1 is 1.57 bits per heavy atom. The fraction of sp³-hybridized carbons (Fsp3) is 0.273. The zero-order valence-corrected chi connectivity index (χ0v) is 8.13. The van der Waals surface area contributed by atoms with Crippen molar-refractivity contribution in [3.8, 4) is 5.75 Å². The number of aromatic hydroxyl groups is 1. The molecule has 3 heteroatoms. The molecule has 0 radical (unpaired) electrons. The molecule has 0 saturated carbocycles. The highest BCUT2D eigenvalue weighted by Crippen LogP contribution is 2.16. The normalized spacial score (nSPS) is 11.4. The van der Waals surface area contributed by atoms with Crippen LogP contribution in [-0.4, -0.2) is 18.3 Å². The molecule has 0 unspecified atom stereocenters. The Hall–Kier alpha value is -1.51. The highest BCUT2D eigenvalue weighted by molar-refractivity contribution is 5.64. The topological polar surface area (TPSA) is 32.3 Å². The Labute approximate surface area is 83.1 Å². The maximum absolute atomic E-state index is 11.9. The summed E-state index contributed by atoms with van der Waals surface area (Å²) < 4.78 is 11.9. The van der Waals surface area contributed by atoms with E-state index in [0.29, 0.717) is 0 Å². The molecule has 0 aliphatic carbocycles. The van der Waals surface area contributed by atoms with E-state index in [2.05, 4.69) is 5.32 Å². The molecule has 0 aliphatic heterocycles. The predicted octanol–water partition coefficient (Wildman–Crippen LogP) is 2.31. The third-order valence-electron chi connectivity index (χ3n) is 1.86. The zero-order chi connectivity index (χ0) is 10.4. The fourth-order valence-electron chi connectivity index (χ4n) is 1.23. The van der Waals surface area contributed by atoms with Gasteiger partial charge in [-0.05, 0) is 19.1 Å². The van der Waals surface area contributed by atoms with E-state index < -0.39 is 6.67 Å². The van der Waals surface area contributed by atoms with E-state index in [0.717, 1.165) is 11.3 Å². The Kier molecular flexibility index (Phi) is 3.98. The molecule has 0 aliphatic rings. The summed E-state index contributed by atoms with van der Waals surface area (Å²) in [5, 5.41) is 12.2. The standard InChI is InChI=1S/C11H14FNO/c1-2-11(13-7-6-12)9-4-3-5-10(14)8-9/h2-5,8,13-14H,6-7H2,1H3/b11-2-. The first-order valence-corrected chi connectivity index (χ1v) is 4.53. The quantitative estimate of drug-likeness (QED) is 0.772. The van der Waals surface area contributed by atoms with Gasteiger partial charge in [-0.25, -0.2) is 4.39 Å². The highest BCUT2D eigenvalue weighted by Gasteiger charge is 1.99. The number of phenols is 1.